The molecule has 0 aliphatic carbocycles. The van der Waals surface area contributed by atoms with E-state index in [-0.39, 0.29) is 5.91 Å². The van der Waals surface area contributed by atoms with Gasteiger partial charge >= 0.3 is 0 Å². The Bertz CT molecular complexity index is 777. The Morgan fingerprint density at radius 3 is 2.89 bits per heavy atom. The van der Waals surface area contributed by atoms with E-state index in [1.54, 1.807) is 0 Å². The van der Waals surface area contributed by atoms with Gasteiger partial charge in [0.15, 0.2) is 11.0 Å². The molecule has 1 aromatic heterocycles. The highest BCUT2D eigenvalue weighted by Crippen LogP contribution is 2.22. The molecule has 1 saturated heterocycles. The Labute approximate surface area is 165 Å². The normalized spacial score (nSPS) is 17.1. The second-order valence-corrected chi connectivity index (χ2v) is 8.02. The summed E-state index contributed by atoms with van der Waals surface area (Å²) in [5.41, 5.74) is 1.09. The number of hydrogen-bond donors (Lipinski definition) is 0. The van der Waals surface area contributed by atoms with Crippen LogP contribution in [0.5, 0.6) is 5.75 Å². The van der Waals surface area contributed by atoms with Crippen molar-refractivity contribution in [3.05, 3.63) is 35.7 Å². The Kier molecular flexibility index (Phi) is 6.77. The maximum absolute atomic E-state index is 12.5. The quantitative estimate of drug-likeness (QED) is 0.679. The Hall–Kier alpha value is -2.02. The van der Waals surface area contributed by atoms with Crippen molar-refractivity contribution >= 4 is 17.7 Å². The van der Waals surface area contributed by atoms with Gasteiger partial charge in [-0.1, -0.05) is 36.9 Å². The maximum Gasteiger partial charge on any atom is 0.233 e. The number of hydrogen-bond acceptors (Lipinski definition) is 5. The lowest BCUT2D eigenvalue weighted by atomic mass is 10.0. The molecule has 146 valence electrons. The third-order valence-corrected chi connectivity index (χ3v) is 5.85. The van der Waals surface area contributed by atoms with E-state index in [0.717, 1.165) is 48.3 Å². The summed E-state index contributed by atoms with van der Waals surface area (Å²) in [4.78, 5) is 14.5. The highest BCUT2D eigenvalue weighted by Gasteiger charge is 2.22. The summed E-state index contributed by atoms with van der Waals surface area (Å²) in [5.74, 6) is 2.82. The third kappa shape index (κ3) is 5.03. The summed E-state index contributed by atoms with van der Waals surface area (Å²) < 4.78 is 7.93. The minimum Gasteiger partial charge on any atom is -0.485 e. The molecule has 1 atom stereocenters. The van der Waals surface area contributed by atoms with Crippen LogP contribution >= 0.6 is 11.8 Å². The number of carbonyl (C=O) groups excluding carboxylic acids is 1. The molecule has 1 amide bonds. The van der Waals surface area contributed by atoms with E-state index >= 15 is 0 Å². The Morgan fingerprint density at radius 2 is 2.15 bits per heavy atom. The number of thioether (sulfide) groups is 1. The monoisotopic (exact) mass is 388 g/mol. The lowest BCUT2D eigenvalue weighted by molar-refractivity contribution is -0.130. The van der Waals surface area contributed by atoms with Gasteiger partial charge < -0.3 is 14.2 Å². The van der Waals surface area contributed by atoms with Crippen LogP contribution in [0, 0.1) is 12.8 Å². The molecule has 7 heteroatoms. The van der Waals surface area contributed by atoms with Crippen molar-refractivity contribution in [1.82, 2.24) is 19.7 Å². The van der Waals surface area contributed by atoms with Gasteiger partial charge in [0, 0.05) is 19.6 Å². The van der Waals surface area contributed by atoms with Gasteiger partial charge in [0.05, 0.1) is 5.75 Å². The lowest BCUT2D eigenvalue weighted by Gasteiger charge is -2.30. The average molecular weight is 389 g/mol. The van der Waals surface area contributed by atoms with Gasteiger partial charge in [-0.05, 0) is 44.2 Å². The minimum absolute atomic E-state index is 0.190. The second-order valence-electron chi connectivity index (χ2n) is 7.07. The zero-order chi connectivity index (χ0) is 19.2. The molecule has 1 fully saturated rings. The van der Waals surface area contributed by atoms with Gasteiger partial charge in [-0.3, -0.25) is 4.79 Å². The Morgan fingerprint density at radius 1 is 1.33 bits per heavy atom. The number of amides is 1. The van der Waals surface area contributed by atoms with Gasteiger partial charge in [-0.15, -0.1) is 10.2 Å². The van der Waals surface area contributed by atoms with Crippen LogP contribution in [0.2, 0.25) is 0 Å². The van der Waals surface area contributed by atoms with Gasteiger partial charge in [0.2, 0.25) is 5.91 Å². The molecule has 0 spiro atoms. The first kappa shape index (κ1) is 19.7. The van der Waals surface area contributed by atoms with E-state index in [1.165, 1.54) is 18.2 Å². The number of piperidine rings is 1. The number of rotatable bonds is 7. The second kappa shape index (κ2) is 9.26. The molecular formula is C20H28N4O2S. The molecule has 0 saturated carbocycles. The fourth-order valence-electron chi connectivity index (χ4n) is 3.34. The van der Waals surface area contributed by atoms with Crippen molar-refractivity contribution in [2.24, 2.45) is 5.92 Å². The van der Waals surface area contributed by atoms with Crippen LogP contribution in [0.1, 0.15) is 38.1 Å². The highest BCUT2D eigenvalue weighted by atomic mass is 32.2. The van der Waals surface area contributed by atoms with Crippen LogP contribution in [0.25, 0.3) is 0 Å². The molecule has 2 heterocycles. The molecular weight excluding hydrogens is 360 g/mol. The van der Waals surface area contributed by atoms with Crippen LogP contribution in [-0.2, 0) is 17.9 Å². The number of likely N-dealkylation sites (tertiary alicyclic amines) is 1. The number of benzene rings is 1. The molecule has 27 heavy (non-hydrogen) atoms. The van der Waals surface area contributed by atoms with Gasteiger partial charge in [0.1, 0.15) is 12.4 Å². The zero-order valence-electron chi connectivity index (χ0n) is 16.4. The molecule has 6 nitrogen and oxygen atoms in total. The van der Waals surface area contributed by atoms with Crippen LogP contribution in [0.4, 0.5) is 0 Å². The van der Waals surface area contributed by atoms with E-state index in [1.807, 2.05) is 40.7 Å². The van der Waals surface area contributed by atoms with Crippen molar-refractivity contribution in [1.29, 1.82) is 0 Å². The molecule has 1 aromatic carbocycles. The average Bonchev–Trinajstić information content (AvgIpc) is 3.07. The zero-order valence-corrected chi connectivity index (χ0v) is 17.2. The number of nitrogens with zero attached hydrogens (tertiary/aromatic N) is 4. The number of ether oxygens (including phenoxy) is 1. The number of para-hydroxylation sites is 1. The van der Waals surface area contributed by atoms with Gasteiger partial charge in [-0.25, -0.2) is 0 Å². The van der Waals surface area contributed by atoms with E-state index in [4.69, 9.17) is 4.74 Å². The number of aromatic nitrogens is 3. The van der Waals surface area contributed by atoms with E-state index in [2.05, 4.69) is 24.0 Å². The van der Waals surface area contributed by atoms with Crippen molar-refractivity contribution in [2.45, 2.75) is 51.9 Å². The predicted octanol–water partition coefficient (Wildman–Crippen LogP) is 3.54. The first-order chi connectivity index (χ1) is 13.1. The molecule has 2 aromatic rings. The Balaban J connectivity index is 1.58. The third-order valence-electron chi connectivity index (χ3n) is 4.89. The summed E-state index contributed by atoms with van der Waals surface area (Å²) in [5, 5.41) is 9.33. The topological polar surface area (TPSA) is 60.2 Å². The number of carbonyl (C=O) groups is 1. The first-order valence-corrected chi connectivity index (χ1v) is 10.6. The summed E-state index contributed by atoms with van der Waals surface area (Å²) in [6.07, 6.45) is 2.31. The molecule has 1 aliphatic rings. The molecule has 0 unspecified atom stereocenters. The van der Waals surface area contributed by atoms with Gasteiger partial charge in [0.25, 0.3) is 0 Å². The SMILES string of the molecule is CCn1c(COc2ccccc2C)nnc1SCC(=O)N1CCC[C@H](C)C1. The van der Waals surface area contributed by atoms with Crippen LogP contribution in [0.3, 0.4) is 0 Å². The van der Waals surface area contributed by atoms with Crippen molar-refractivity contribution in [3.8, 4) is 5.75 Å². The molecule has 1 aliphatic heterocycles. The summed E-state index contributed by atoms with van der Waals surface area (Å²) in [6.45, 7) is 9.14. The molecule has 3 rings (SSSR count). The molecule has 0 N–H and O–H groups in total. The standard InChI is InChI=1S/C20H28N4O2S/c1-4-24-18(13-26-17-10-6-5-9-16(17)3)21-22-20(24)27-14-19(25)23-11-7-8-15(2)12-23/h5-6,9-10,15H,4,7-8,11-14H2,1-3H3/t15-/m0/s1. The smallest absolute Gasteiger partial charge is 0.233 e. The van der Waals surface area contributed by atoms with Crippen molar-refractivity contribution in [2.75, 3.05) is 18.8 Å². The van der Waals surface area contributed by atoms with Crippen LogP contribution in [-0.4, -0.2) is 44.4 Å². The van der Waals surface area contributed by atoms with Gasteiger partial charge in [-0.2, -0.15) is 0 Å². The van der Waals surface area contributed by atoms with Crippen LogP contribution in [0.15, 0.2) is 29.4 Å². The number of aryl methyl sites for hydroxylation is 1. The summed E-state index contributed by atoms with van der Waals surface area (Å²) in [7, 11) is 0. The summed E-state index contributed by atoms with van der Waals surface area (Å²) in [6, 6.07) is 7.93. The lowest BCUT2D eigenvalue weighted by Crippen LogP contribution is -2.40. The highest BCUT2D eigenvalue weighted by molar-refractivity contribution is 7.99. The minimum atomic E-state index is 0.190. The maximum atomic E-state index is 12.5. The van der Waals surface area contributed by atoms with Crippen molar-refractivity contribution < 1.29 is 9.53 Å². The van der Waals surface area contributed by atoms with Crippen molar-refractivity contribution in [3.63, 3.8) is 0 Å². The molecule has 0 radical (unpaired) electrons. The van der Waals surface area contributed by atoms with Crippen LogP contribution < -0.4 is 4.74 Å². The van der Waals surface area contributed by atoms with E-state index in [0.29, 0.717) is 18.3 Å². The largest absolute Gasteiger partial charge is 0.485 e. The predicted molar refractivity (Wildman–Crippen MR) is 107 cm³/mol. The summed E-state index contributed by atoms with van der Waals surface area (Å²) >= 11 is 1.46. The van der Waals surface area contributed by atoms with E-state index < -0.39 is 0 Å². The fourth-order valence-corrected chi connectivity index (χ4v) is 4.27. The first-order valence-electron chi connectivity index (χ1n) is 9.59. The molecule has 0 bridgehead atoms. The fraction of sp³-hybridized carbons (Fsp3) is 0.550. The van der Waals surface area contributed by atoms with E-state index in [9.17, 15) is 4.79 Å².